The van der Waals surface area contributed by atoms with Crippen LogP contribution in [0.5, 0.6) is 0 Å². The van der Waals surface area contributed by atoms with Crippen molar-refractivity contribution in [3.8, 4) is 11.3 Å². The summed E-state index contributed by atoms with van der Waals surface area (Å²) in [5.41, 5.74) is 3.13. The molecule has 0 aromatic rings. The molecule has 0 atom stereocenters. The Hall–Kier alpha value is -1.97. The molecule has 4 heteroatoms. The van der Waals surface area contributed by atoms with Gasteiger partial charge in [-0.15, -0.1) is 0 Å². The Morgan fingerprint density at radius 3 is 2.47 bits per heavy atom. The molecule has 0 saturated carbocycles. The van der Waals surface area contributed by atoms with Gasteiger partial charge >= 0.3 is 0 Å². The molecule has 0 amide bonds. The van der Waals surface area contributed by atoms with E-state index in [1.165, 1.54) is 0 Å². The van der Waals surface area contributed by atoms with Crippen LogP contribution in [0, 0.1) is 24.3 Å². The van der Waals surface area contributed by atoms with Crippen molar-refractivity contribution in [1.82, 2.24) is 9.89 Å². The van der Waals surface area contributed by atoms with Gasteiger partial charge in [0, 0.05) is 11.3 Å². The van der Waals surface area contributed by atoms with Crippen LogP contribution in [0.3, 0.4) is 0 Å². The summed E-state index contributed by atoms with van der Waals surface area (Å²) in [5, 5.41) is 22.0. The molecule has 4 nitrogen and oxygen atoms in total. The number of pyridine rings is 1. The maximum atomic E-state index is 10.9. The summed E-state index contributed by atoms with van der Waals surface area (Å²) in [5.74, 6) is 0. The summed E-state index contributed by atoms with van der Waals surface area (Å²) < 4.78 is 0. The molecule has 0 aromatic carbocycles. The summed E-state index contributed by atoms with van der Waals surface area (Å²) >= 11 is 0. The molecule has 0 bridgehead atoms. The highest BCUT2D eigenvalue weighted by Gasteiger charge is 2.10. The number of nitrogens with one attached hydrogen (secondary N) is 1. The molecule has 1 heterocycles. The first-order valence-corrected chi connectivity index (χ1v) is 4.66. The van der Waals surface area contributed by atoms with Gasteiger partial charge in [0.2, 0.25) is 5.36 Å². The van der Waals surface area contributed by atoms with Crippen LogP contribution in [-0.2, 0) is 0 Å². The second-order valence-electron chi connectivity index (χ2n) is 3.59. The molecule has 0 radical (unpaired) electrons. The van der Waals surface area contributed by atoms with Crippen molar-refractivity contribution in [1.29, 1.82) is 0 Å². The fraction of sp³-hybridized carbons (Fsp3) is 0.182. The van der Waals surface area contributed by atoms with E-state index in [0.717, 1.165) is 11.4 Å². The average molecular weight is 203 g/mol. The first kappa shape index (κ1) is 9.58. The smallest absolute Gasteiger partial charge is 0.235 e. The van der Waals surface area contributed by atoms with Crippen molar-refractivity contribution >= 4 is 0 Å². The van der Waals surface area contributed by atoms with Crippen LogP contribution in [0.25, 0.3) is 11.3 Å². The van der Waals surface area contributed by atoms with Gasteiger partial charge in [-0.3, -0.25) is 0 Å². The Balaban J connectivity index is 2.94. The maximum Gasteiger partial charge on any atom is 0.235 e. The summed E-state index contributed by atoms with van der Waals surface area (Å²) in [6, 6.07) is 7.25. The number of fused-ring (bicyclic) bond motifs is 1. The lowest BCUT2D eigenvalue weighted by Crippen LogP contribution is -2.24. The van der Waals surface area contributed by atoms with Gasteiger partial charge < -0.3 is 15.4 Å². The Bertz CT molecular complexity index is 539. The molecule has 1 aliphatic carbocycles. The highest BCUT2D eigenvalue weighted by Crippen LogP contribution is 2.15. The number of benzene rings is 1. The second-order valence-corrected chi connectivity index (χ2v) is 3.59. The van der Waals surface area contributed by atoms with Crippen LogP contribution < -0.4 is 10.3 Å². The summed E-state index contributed by atoms with van der Waals surface area (Å²) in [6.45, 7) is 3.67. The number of rotatable bonds is 0. The lowest BCUT2D eigenvalue weighted by Gasteiger charge is -2.11. The van der Waals surface area contributed by atoms with Gasteiger partial charge in [0.1, 0.15) is 0 Å². The van der Waals surface area contributed by atoms with Gasteiger partial charge in [0.15, 0.2) is 0 Å². The number of H-pyrrole nitrogens is 1. The van der Waals surface area contributed by atoms with Crippen LogP contribution >= 0.6 is 0 Å². The molecule has 0 spiro atoms. The van der Waals surface area contributed by atoms with Crippen LogP contribution in [0.15, 0.2) is 24.3 Å². The standard InChI is InChI=1S/C11H11N2O2/c1-7-3-6-10-9(11(7)13(14)15)5-4-8(2)12-10/h3-6,12H,1-2H3/q-1. The van der Waals surface area contributed by atoms with E-state index in [-0.39, 0.29) is 10.3 Å². The third kappa shape index (κ3) is 1.54. The van der Waals surface area contributed by atoms with Crippen molar-refractivity contribution in [3.05, 3.63) is 51.3 Å². The van der Waals surface area contributed by atoms with E-state index in [2.05, 4.69) is 4.98 Å². The highest BCUT2D eigenvalue weighted by molar-refractivity contribution is 5.61. The van der Waals surface area contributed by atoms with E-state index in [1.54, 1.807) is 19.1 Å². The minimum Gasteiger partial charge on any atom is -0.612 e. The predicted molar refractivity (Wildman–Crippen MR) is 58.9 cm³/mol. The molecule has 2 rings (SSSR count). The first-order chi connectivity index (χ1) is 7.09. The fourth-order valence-corrected chi connectivity index (χ4v) is 1.70. The number of hydrogen-bond donors (Lipinski definition) is 1. The number of aryl methyl sites for hydroxylation is 2. The Labute approximate surface area is 87.0 Å². The second kappa shape index (κ2) is 3.31. The van der Waals surface area contributed by atoms with Crippen LogP contribution in [0.1, 0.15) is 11.3 Å². The molecular formula is C11H11N2O2-. The lowest BCUT2D eigenvalue weighted by molar-refractivity contribution is 0.952. The number of hydrogen-bond acceptors (Lipinski definition) is 2. The Morgan fingerprint density at radius 2 is 1.80 bits per heavy atom. The summed E-state index contributed by atoms with van der Waals surface area (Å²) in [7, 11) is 0. The number of nitrogens with zero attached hydrogens (tertiary/aromatic N) is 1. The average Bonchev–Trinajstić information content (AvgIpc) is 2.17. The van der Waals surface area contributed by atoms with Crippen LogP contribution in [0.2, 0.25) is 0 Å². The molecule has 2 aliphatic rings. The van der Waals surface area contributed by atoms with Gasteiger partial charge in [-0.2, -0.15) is 4.90 Å². The third-order valence-electron chi connectivity index (χ3n) is 2.43. The molecule has 0 fully saturated rings. The largest absolute Gasteiger partial charge is 0.612 e. The maximum absolute atomic E-state index is 10.9. The van der Waals surface area contributed by atoms with Crippen molar-refractivity contribution in [2.24, 2.45) is 0 Å². The van der Waals surface area contributed by atoms with Crippen molar-refractivity contribution in [2.75, 3.05) is 0 Å². The minimum absolute atomic E-state index is 0.184. The van der Waals surface area contributed by atoms with E-state index in [4.69, 9.17) is 0 Å². The molecule has 0 aromatic heterocycles. The van der Waals surface area contributed by atoms with E-state index >= 15 is 0 Å². The summed E-state index contributed by atoms with van der Waals surface area (Å²) in [4.78, 5) is 2.78. The van der Waals surface area contributed by atoms with Crippen LogP contribution in [-0.4, -0.2) is 4.98 Å². The van der Waals surface area contributed by atoms with E-state index in [9.17, 15) is 10.4 Å². The molecule has 1 aliphatic heterocycles. The monoisotopic (exact) mass is 203 g/mol. The molecule has 0 saturated heterocycles. The van der Waals surface area contributed by atoms with Crippen molar-refractivity contribution in [2.45, 2.75) is 13.8 Å². The molecule has 15 heavy (non-hydrogen) atoms. The fourth-order valence-electron chi connectivity index (χ4n) is 1.70. The summed E-state index contributed by atoms with van der Waals surface area (Å²) in [6.07, 6.45) is 0. The third-order valence-corrected chi connectivity index (χ3v) is 2.43. The van der Waals surface area contributed by atoms with E-state index in [0.29, 0.717) is 11.1 Å². The topological polar surface area (TPSA) is 64.9 Å². The van der Waals surface area contributed by atoms with E-state index in [1.807, 2.05) is 19.1 Å². The van der Waals surface area contributed by atoms with Gasteiger partial charge in [-0.05, 0) is 32.0 Å². The number of aromatic amines is 1. The Morgan fingerprint density at radius 1 is 1.07 bits per heavy atom. The minimum atomic E-state index is -0.332. The van der Waals surface area contributed by atoms with E-state index < -0.39 is 0 Å². The zero-order valence-electron chi connectivity index (χ0n) is 8.57. The van der Waals surface area contributed by atoms with Gasteiger partial charge in [-0.25, -0.2) is 0 Å². The molecular weight excluding hydrogens is 192 g/mol. The quantitative estimate of drug-likeness (QED) is 0.659. The molecule has 1 N–H and O–H groups in total. The molecule has 78 valence electrons. The highest BCUT2D eigenvalue weighted by atomic mass is 16.8. The van der Waals surface area contributed by atoms with Gasteiger partial charge in [0.25, 0.3) is 0 Å². The van der Waals surface area contributed by atoms with Gasteiger partial charge in [-0.1, -0.05) is 6.07 Å². The molecule has 0 unspecified atom stereocenters. The van der Waals surface area contributed by atoms with Gasteiger partial charge in [0.05, 0.1) is 11.3 Å². The normalized spacial score (nSPS) is 10.5. The zero-order chi connectivity index (χ0) is 11.0. The zero-order valence-corrected chi connectivity index (χ0v) is 8.57. The predicted octanol–water partition coefficient (Wildman–Crippen LogP) is 1.50. The van der Waals surface area contributed by atoms with Crippen LogP contribution in [0.4, 0.5) is 0 Å². The first-order valence-electron chi connectivity index (χ1n) is 4.66. The SMILES string of the molecule is Cc1ccc2c(=[N+]([O-])[O-])c(C)ccc-2[nH]1. The van der Waals surface area contributed by atoms with Crippen molar-refractivity contribution in [3.63, 3.8) is 0 Å². The van der Waals surface area contributed by atoms with Crippen molar-refractivity contribution < 1.29 is 0 Å². The number of aromatic nitrogens is 1. The Kier molecular flexibility index (Phi) is 2.11. The lowest BCUT2D eigenvalue weighted by atomic mass is 10.0.